The number of nitrogens with zero attached hydrogens (tertiary/aromatic N) is 2. The number of amides is 2. The van der Waals surface area contributed by atoms with Crippen LogP contribution in [0.15, 0.2) is 46.9 Å². The van der Waals surface area contributed by atoms with Gasteiger partial charge in [-0.15, -0.1) is 0 Å². The van der Waals surface area contributed by atoms with E-state index in [0.717, 1.165) is 28.8 Å². The second kappa shape index (κ2) is 6.01. The van der Waals surface area contributed by atoms with Crippen LogP contribution in [0.5, 0.6) is 0 Å². The fraction of sp³-hybridized carbons (Fsp3) is 0.235. The van der Waals surface area contributed by atoms with Crippen LogP contribution in [0.2, 0.25) is 0 Å². The van der Waals surface area contributed by atoms with Gasteiger partial charge in [0.05, 0.1) is 11.4 Å². The van der Waals surface area contributed by atoms with Crippen molar-refractivity contribution in [1.82, 2.24) is 4.90 Å². The van der Waals surface area contributed by atoms with E-state index < -0.39 is 0 Å². The lowest BCUT2D eigenvalue weighted by molar-refractivity contribution is 0.230. The number of fused-ring (bicyclic) bond motifs is 1. The first kappa shape index (κ1) is 14.9. The minimum atomic E-state index is -0.133. The maximum absolute atomic E-state index is 12.0. The number of hydrogen-bond donors (Lipinski definition) is 1. The van der Waals surface area contributed by atoms with Crippen LogP contribution in [0, 0.1) is 0 Å². The molecule has 0 radical (unpaired) electrons. The summed E-state index contributed by atoms with van der Waals surface area (Å²) in [5, 5.41) is 2.97. The van der Waals surface area contributed by atoms with E-state index in [0.29, 0.717) is 0 Å². The third-order valence-electron chi connectivity index (χ3n) is 3.78. The monoisotopic (exact) mass is 359 g/mol. The van der Waals surface area contributed by atoms with Crippen molar-refractivity contribution in [2.24, 2.45) is 0 Å². The lowest BCUT2D eigenvalue weighted by Gasteiger charge is -2.24. The van der Waals surface area contributed by atoms with Crippen LogP contribution in [0.4, 0.5) is 21.9 Å². The zero-order chi connectivity index (χ0) is 15.7. The quantitative estimate of drug-likeness (QED) is 0.870. The number of nitrogens with one attached hydrogen (secondary N) is 1. The van der Waals surface area contributed by atoms with E-state index in [1.54, 1.807) is 14.1 Å². The van der Waals surface area contributed by atoms with Crippen molar-refractivity contribution < 1.29 is 4.79 Å². The predicted octanol–water partition coefficient (Wildman–Crippen LogP) is 4.24. The molecule has 4 nitrogen and oxygen atoms in total. The van der Waals surface area contributed by atoms with Gasteiger partial charge in [0, 0.05) is 30.8 Å². The molecule has 0 unspecified atom stereocenters. The summed E-state index contributed by atoms with van der Waals surface area (Å²) in [6, 6.07) is 14.3. The van der Waals surface area contributed by atoms with Crippen LogP contribution in [-0.2, 0) is 6.42 Å². The summed E-state index contributed by atoms with van der Waals surface area (Å²) in [4.78, 5) is 15.8. The summed E-state index contributed by atoms with van der Waals surface area (Å²) in [6.45, 7) is 0.922. The topological polar surface area (TPSA) is 35.6 Å². The molecule has 0 atom stereocenters. The third kappa shape index (κ3) is 2.81. The average molecular weight is 360 g/mol. The van der Waals surface area contributed by atoms with E-state index in [-0.39, 0.29) is 6.03 Å². The number of rotatable bonds is 2. The fourth-order valence-corrected chi connectivity index (χ4v) is 3.02. The van der Waals surface area contributed by atoms with E-state index in [9.17, 15) is 4.79 Å². The highest BCUT2D eigenvalue weighted by Gasteiger charge is 2.22. The predicted molar refractivity (Wildman–Crippen MR) is 94.0 cm³/mol. The molecule has 2 aromatic rings. The number of urea groups is 1. The Bertz CT molecular complexity index is 715. The zero-order valence-electron chi connectivity index (χ0n) is 12.6. The Kier molecular flexibility index (Phi) is 4.07. The van der Waals surface area contributed by atoms with Gasteiger partial charge in [0.15, 0.2) is 0 Å². The average Bonchev–Trinajstić information content (AvgIpc) is 2.91. The van der Waals surface area contributed by atoms with Gasteiger partial charge in [0.25, 0.3) is 0 Å². The molecule has 0 saturated heterocycles. The van der Waals surface area contributed by atoms with E-state index in [4.69, 9.17) is 0 Å². The lowest BCUT2D eigenvalue weighted by Crippen LogP contribution is -2.28. The number of carbonyl (C=O) groups excluding carboxylic acids is 1. The molecular formula is C17H18BrN3O. The Hall–Kier alpha value is -2.01. The van der Waals surface area contributed by atoms with Gasteiger partial charge in [0.1, 0.15) is 0 Å². The number of halogens is 1. The van der Waals surface area contributed by atoms with Gasteiger partial charge in [-0.2, -0.15) is 0 Å². The minimum Gasteiger partial charge on any atom is -0.339 e. The van der Waals surface area contributed by atoms with Crippen molar-refractivity contribution in [3.63, 3.8) is 0 Å². The number of para-hydroxylation sites is 1. The Balaban J connectivity index is 1.99. The second-order valence-electron chi connectivity index (χ2n) is 5.52. The number of hydrogen-bond acceptors (Lipinski definition) is 2. The fourth-order valence-electron chi connectivity index (χ4n) is 2.66. The van der Waals surface area contributed by atoms with Gasteiger partial charge in [-0.3, -0.25) is 0 Å². The van der Waals surface area contributed by atoms with Crippen LogP contribution in [0.25, 0.3) is 0 Å². The molecule has 0 bridgehead atoms. The number of anilines is 3. The van der Waals surface area contributed by atoms with Gasteiger partial charge >= 0.3 is 6.03 Å². The maximum atomic E-state index is 12.0. The molecule has 2 amide bonds. The summed E-state index contributed by atoms with van der Waals surface area (Å²) in [7, 11) is 3.47. The van der Waals surface area contributed by atoms with Gasteiger partial charge < -0.3 is 15.1 Å². The Morgan fingerprint density at radius 1 is 1.18 bits per heavy atom. The highest BCUT2D eigenvalue weighted by Crippen LogP contribution is 2.39. The van der Waals surface area contributed by atoms with Crippen LogP contribution >= 0.6 is 15.9 Å². The molecule has 1 aliphatic heterocycles. The first-order chi connectivity index (χ1) is 10.6. The summed E-state index contributed by atoms with van der Waals surface area (Å²) in [5.41, 5.74) is 4.38. The van der Waals surface area contributed by atoms with Gasteiger partial charge in [-0.1, -0.05) is 34.1 Å². The van der Waals surface area contributed by atoms with Crippen molar-refractivity contribution in [2.75, 3.05) is 30.9 Å². The molecule has 0 fully saturated rings. The molecule has 0 aromatic heterocycles. The summed E-state index contributed by atoms with van der Waals surface area (Å²) < 4.78 is 0.942. The van der Waals surface area contributed by atoms with Crippen molar-refractivity contribution in [3.05, 3.63) is 52.5 Å². The Morgan fingerprint density at radius 2 is 1.95 bits per heavy atom. The molecule has 3 rings (SSSR count). The van der Waals surface area contributed by atoms with Crippen molar-refractivity contribution in [1.29, 1.82) is 0 Å². The van der Waals surface area contributed by atoms with Crippen LogP contribution < -0.4 is 10.2 Å². The second-order valence-corrected chi connectivity index (χ2v) is 6.43. The highest BCUT2D eigenvalue weighted by molar-refractivity contribution is 9.10. The molecule has 1 N–H and O–H groups in total. The Morgan fingerprint density at radius 3 is 2.73 bits per heavy atom. The SMILES string of the molecule is CN(C)C(=O)Nc1cc(Br)ccc1N1CCc2ccccc21. The first-order valence-corrected chi connectivity index (χ1v) is 7.99. The van der Waals surface area contributed by atoms with Gasteiger partial charge in [-0.05, 0) is 36.2 Å². The maximum Gasteiger partial charge on any atom is 0.321 e. The van der Waals surface area contributed by atoms with E-state index in [1.165, 1.54) is 16.2 Å². The third-order valence-corrected chi connectivity index (χ3v) is 4.28. The smallest absolute Gasteiger partial charge is 0.321 e. The van der Waals surface area contributed by atoms with Crippen molar-refractivity contribution in [3.8, 4) is 0 Å². The van der Waals surface area contributed by atoms with Crippen molar-refractivity contribution in [2.45, 2.75) is 6.42 Å². The molecule has 2 aromatic carbocycles. The normalized spacial score (nSPS) is 13.0. The molecule has 22 heavy (non-hydrogen) atoms. The van der Waals surface area contributed by atoms with E-state index in [1.807, 2.05) is 24.3 Å². The molecular weight excluding hydrogens is 342 g/mol. The zero-order valence-corrected chi connectivity index (χ0v) is 14.2. The molecule has 1 aliphatic rings. The minimum absolute atomic E-state index is 0.133. The van der Waals surface area contributed by atoms with Gasteiger partial charge in [0.2, 0.25) is 0 Å². The standard InChI is InChI=1S/C17H18BrN3O/c1-20(2)17(22)19-14-11-13(18)7-8-16(14)21-10-9-12-5-3-4-6-15(12)21/h3-8,11H,9-10H2,1-2H3,(H,19,22). The number of carbonyl (C=O) groups is 1. The Labute approximate surface area is 138 Å². The van der Waals surface area contributed by atoms with Crippen LogP contribution in [-0.4, -0.2) is 31.6 Å². The molecule has 114 valence electrons. The summed E-state index contributed by atoms with van der Waals surface area (Å²) >= 11 is 3.48. The molecule has 0 spiro atoms. The largest absolute Gasteiger partial charge is 0.339 e. The molecule has 1 heterocycles. The van der Waals surface area contributed by atoms with E-state index in [2.05, 4.69) is 44.3 Å². The van der Waals surface area contributed by atoms with E-state index >= 15 is 0 Å². The molecule has 0 aliphatic carbocycles. The van der Waals surface area contributed by atoms with Crippen LogP contribution in [0.1, 0.15) is 5.56 Å². The molecule has 0 saturated carbocycles. The van der Waals surface area contributed by atoms with Crippen molar-refractivity contribution >= 4 is 39.0 Å². The summed E-state index contributed by atoms with van der Waals surface area (Å²) in [5.74, 6) is 0. The molecule has 5 heteroatoms. The highest BCUT2D eigenvalue weighted by atomic mass is 79.9. The lowest BCUT2D eigenvalue weighted by atomic mass is 10.2. The first-order valence-electron chi connectivity index (χ1n) is 7.19. The van der Waals surface area contributed by atoms with Gasteiger partial charge in [-0.25, -0.2) is 4.79 Å². The summed E-state index contributed by atoms with van der Waals surface area (Å²) in [6.07, 6.45) is 1.02. The number of benzene rings is 2. The van der Waals surface area contributed by atoms with Crippen LogP contribution in [0.3, 0.4) is 0 Å².